The SMILES string of the molecule is CC(=O)OC(CCO[Si](c1ccccc1)(c1ccccc1)C(C)(C)C)CN1[C@H](COC(c2ccccc2)(c2ccccc2)c2ccccc2)[C@H](c2ccc(Br)cc2)[C@@H]1CN(C(C)=O)S(=O)(=O)c1ccc([N+](=O)[O-])cc1. The van der Waals surface area contributed by atoms with E-state index in [-0.39, 0.29) is 48.3 Å². The molecule has 0 radical (unpaired) electrons. The predicted molar refractivity (Wildman–Crippen MR) is 298 cm³/mol. The van der Waals surface area contributed by atoms with Crippen LogP contribution in [0, 0.1) is 10.1 Å². The van der Waals surface area contributed by atoms with E-state index in [1.54, 1.807) is 0 Å². The molecule has 1 aliphatic rings. The molecule has 1 saturated heterocycles. The second kappa shape index (κ2) is 23.5. The second-order valence-electron chi connectivity index (χ2n) is 19.8. The summed E-state index contributed by atoms with van der Waals surface area (Å²) in [7, 11) is -7.59. The van der Waals surface area contributed by atoms with Gasteiger partial charge in [-0.2, -0.15) is 0 Å². The lowest BCUT2D eigenvalue weighted by Crippen LogP contribution is -2.69. The van der Waals surface area contributed by atoms with Crippen molar-refractivity contribution in [2.24, 2.45) is 0 Å². The topological polar surface area (TPSA) is 146 Å². The number of hydrogen-bond acceptors (Lipinski definition) is 10. The van der Waals surface area contributed by atoms with Crippen molar-refractivity contribution in [1.29, 1.82) is 0 Å². The van der Waals surface area contributed by atoms with E-state index in [9.17, 15) is 28.1 Å². The first-order valence-corrected chi connectivity index (χ1v) is 29.1. The Kier molecular flexibility index (Phi) is 17.1. The largest absolute Gasteiger partial charge is 0.461 e. The molecule has 1 heterocycles. The first-order chi connectivity index (χ1) is 36.0. The summed E-state index contributed by atoms with van der Waals surface area (Å²) in [5.41, 5.74) is 2.11. The number of ether oxygens (including phenoxy) is 2. The zero-order valence-corrected chi connectivity index (χ0v) is 46.1. The third-order valence-corrected chi connectivity index (χ3v) is 21.6. The number of nitrogens with zero attached hydrogens (tertiary/aromatic N) is 3. The number of carbonyl (C=O) groups is 2. The Morgan fingerprint density at radius 2 is 1.16 bits per heavy atom. The van der Waals surface area contributed by atoms with Crippen LogP contribution in [0.15, 0.2) is 210 Å². The van der Waals surface area contributed by atoms with Gasteiger partial charge in [-0.15, -0.1) is 0 Å². The highest BCUT2D eigenvalue weighted by Gasteiger charge is 2.54. The smallest absolute Gasteiger partial charge is 0.302 e. The van der Waals surface area contributed by atoms with Crippen molar-refractivity contribution in [3.8, 4) is 0 Å². The van der Waals surface area contributed by atoms with Crippen molar-refractivity contribution >= 4 is 62.2 Å². The van der Waals surface area contributed by atoms with Crippen LogP contribution in [0.5, 0.6) is 0 Å². The van der Waals surface area contributed by atoms with Gasteiger partial charge in [0, 0.05) is 68.0 Å². The highest BCUT2D eigenvalue weighted by molar-refractivity contribution is 9.10. The third kappa shape index (κ3) is 11.6. The number of nitro benzene ring substituents is 1. The molecule has 75 heavy (non-hydrogen) atoms. The van der Waals surface area contributed by atoms with Gasteiger partial charge < -0.3 is 13.9 Å². The third-order valence-electron chi connectivity index (χ3n) is 14.2. The summed E-state index contributed by atoms with van der Waals surface area (Å²) in [6.45, 7) is 9.29. The van der Waals surface area contributed by atoms with Crippen molar-refractivity contribution in [1.82, 2.24) is 9.21 Å². The number of sulfonamides is 1. The lowest BCUT2D eigenvalue weighted by Gasteiger charge is -2.57. The molecule has 1 amide bonds. The summed E-state index contributed by atoms with van der Waals surface area (Å²) in [6.07, 6.45) is -0.487. The minimum absolute atomic E-state index is 0.0937. The number of non-ortho nitro benzene ring substituents is 1. The molecule has 4 atom stereocenters. The number of likely N-dealkylation sites (tertiary alicyclic amines) is 1. The van der Waals surface area contributed by atoms with Crippen LogP contribution in [-0.2, 0) is 39.1 Å². The number of rotatable bonds is 21. The molecule has 15 heteroatoms. The number of benzene rings is 7. The van der Waals surface area contributed by atoms with Crippen LogP contribution in [0.4, 0.5) is 5.69 Å². The quantitative estimate of drug-likeness (QED) is 0.0224. The Balaban J connectivity index is 1.24. The van der Waals surface area contributed by atoms with E-state index < -0.39 is 64.8 Å². The Bertz CT molecular complexity index is 3000. The minimum Gasteiger partial charge on any atom is -0.461 e. The van der Waals surface area contributed by atoms with Crippen LogP contribution in [0.2, 0.25) is 5.04 Å². The fraction of sp³-hybridized carbons (Fsp3) is 0.267. The van der Waals surface area contributed by atoms with E-state index in [0.29, 0.717) is 0 Å². The molecule has 0 aromatic heterocycles. The maximum atomic E-state index is 14.7. The van der Waals surface area contributed by atoms with Crippen LogP contribution in [-0.4, -0.2) is 87.2 Å². The molecule has 12 nitrogen and oxygen atoms in total. The first-order valence-electron chi connectivity index (χ1n) is 25.0. The van der Waals surface area contributed by atoms with Gasteiger partial charge in [-0.1, -0.05) is 200 Å². The van der Waals surface area contributed by atoms with Crippen molar-refractivity contribution in [2.75, 3.05) is 26.3 Å². The maximum Gasteiger partial charge on any atom is 0.302 e. The zero-order chi connectivity index (χ0) is 53.4. The van der Waals surface area contributed by atoms with Crippen molar-refractivity contribution in [3.05, 3.63) is 237 Å². The van der Waals surface area contributed by atoms with Crippen LogP contribution in [0.3, 0.4) is 0 Å². The first kappa shape index (κ1) is 54.7. The van der Waals surface area contributed by atoms with Gasteiger partial charge in [-0.05, 0) is 61.9 Å². The standard InChI is InChI=1S/C60H62BrN3O9SSi/c1-44(65)63(74(69,70)53-37-35-51(36-38-53)64(67)68)42-56-58(46-31-33-50(61)34-32-46)57(43-71-60(47-21-11-6-12-22-47,48-23-13-7-14-24-48)49-25-15-8-16-26-49)62(56)41-52(73-45(2)66)39-40-72-75(59(3,4)5,54-27-17-9-18-28-54)55-29-19-10-20-30-55/h6-38,52,56-58H,39-43H2,1-5H3/t52?,56-,57+,58+/m0/s1. The number of amides is 1. The van der Waals surface area contributed by atoms with Crippen molar-refractivity contribution < 1.29 is 36.8 Å². The number of halogens is 1. The van der Waals surface area contributed by atoms with Gasteiger partial charge in [-0.25, -0.2) is 12.7 Å². The lowest BCUT2D eigenvalue weighted by molar-refractivity contribution is -0.384. The van der Waals surface area contributed by atoms with Gasteiger partial charge >= 0.3 is 5.97 Å². The van der Waals surface area contributed by atoms with Gasteiger partial charge in [0.05, 0.1) is 23.0 Å². The maximum absolute atomic E-state index is 14.7. The molecule has 0 bridgehead atoms. The molecule has 1 aliphatic heterocycles. The van der Waals surface area contributed by atoms with Gasteiger partial charge in [0.15, 0.2) is 0 Å². The molecule has 7 aromatic rings. The molecule has 0 N–H and O–H groups in total. The molecular formula is C60H62BrN3O9SSi. The fourth-order valence-corrected chi connectivity index (χ4v) is 17.1. The molecule has 8 rings (SSSR count). The molecule has 7 aromatic carbocycles. The molecule has 1 unspecified atom stereocenters. The normalized spacial score (nSPS) is 16.6. The van der Waals surface area contributed by atoms with E-state index in [1.807, 2.05) is 152 Å². The average molecular weight is 1110 g/mol. The lowest BCUT2D eigenvalue weighted by atomic mass is 9.74. The molecule has 0 spiro atoms. The van der Waals surface area contributed by atoms with Crippen LogP contribution in [0.25, 0.3) is 0 Å². The Morgan fingerprint density at radius 1 is 0.693 bits per heavy atom. The molecule has 0 aliphatic carbocycles. The number of nitro groups is 1. The van der Waals surface area contributed by atoms with Gasteiger partial charge in [-0.3, -0.25) is 24.6 Å². The highest BCUT2D eigenvalue weighted by atomic mass is 79.9. The number of carbonyl (C=O) groups excluding carboxylic acids is 2. The van der Waals surface area contributed by atoms with Crippen molar-refractivity contribution in [2.45, 2.75) is 80.7 Å². The van der Waals surface area contributed by atoms with Gasteiger partial charge in [0.1, 0.15) is 11.7 Å². The Hall–Kier alpha value is -6.59. The summed E-state index contributed by atoms with van der Waals surface area (Å²) in [5, 5.41) is 13.5. The molecule has 388 valence electrons. The molecule has 1 fully saturated rings. The summed E-state index contributed by atoms with van der Waals surface area (Å²) < 4.78 is 52.1. The number of hydrogen-bond donors (Lipinski definition) is 0. The summed E-state index contributed by atoms with van der Waals surface area (Å²) in [4.78, 5) is 39.9. The predicted octanol–water partition coefficient (Wildman–Crippen LogP) is 10.6. The summed E-state index contributed by atoms with van der Waals surface area (Å²) in [6, 6.07) is 61.8. The van der Waals surface area contributed by atoms with E-state index in [1.165, 1.54) is 13.8 Å². The fourth-order valence-electron chi connectivity index (χ4n) is 10.8. The van der Waals surface area contributed by atoms with Crippen LogP contribution in [0.1, 0.15) is 69.2 Å². The van der Waals surface area contributed by atoms with Crippen molar-refractivity contribution in [3.63, 3.8) is 0 Å². The van der Waals surface area contributed by atoms with E-state index >= 15 is 0 Å². The van der Waals surface area contributed by atoms with Crippen LogP contribution >= 0.6 is 15.9 Å². The van der Waals surface area contributed by atoms with E-state index in [0.717, 1.165) is 65.7 Å². The monoisotopic (exact) mass is 1110 g/mol. The number of esters is 1. The Morgan fingerprint density at radius 3 is 1.59 bits per heavy atom. The summed E-state index contributed by atoms with van der Waals surface area (Å²) in [5.74, 6) is -1.69. The molecule has 0 saturated carbocycles. The van der Waals surface area contributed by atoms with E-state index in [4.69, 9.17) is 13.9 Å². The highest BCUT2D eigenvalue weighted by Crippen LogP contribution is 2.47. The van der Waals surface area contributed by atoms with Crippen LogP contribution < -0.4 is 10.4 Å². The zero-order valence-electron chi connectivity index (χ0n) is 42.7. The minimum atomic E-state index is -4.56. The van der Waals surface area contributed by atoms with Gasteiger partial charge in [0.2, 0.25) is 5.91 Å². The second-order valence-corrected chi connectivity index (χ2v) is 26.9. The van der Waals surface area contributed by atoms with Gasteiger partial charge in [0.25, 0.3) is 24.0 Å². The molecular weight excluding hydrogens is 1050 g/mol. The van der Waals surface area contributed by atoms with E-state index in [2.05, 4.69) is 65.9 Å². The Labute approximate surface area is 449 Å². The summed E-state index contributed by atoms with van der Waals surface area (Å²) >= 11 is 3.60. The average Bonchev–Trinajstić information content (AvgIpc) is 3.42.